The van der Waals surface area contributed by atoms with Gasteiger partial charge in [0.15, 0.2) is 0 Å². The Morgan fingerprint density at radius 2 is 1.09 bits per heavy atom. The molecule has 0 aliphatic heterocycles. The van der Waals surface area contributed by atoms with Crippen molar-refractivity contribution in [2.24, 2.45) is 0 Å². The molecule has 0 heterocycles. The second-order valence-electron chi connectivity index (χ2n) is 0.976. The largest absolute Gasteiger partial charge is 2.00 e. The van der Waals surface area contributed by atoms with Gasteiger partial charge in [-0.1, -0.05) is 0 Å². The molecule has 0 atom stereocenters. The van der Waals surface area contributed by atoms with Gasteiger partial charge in [0.05, 0.1) is 15.6 Å². The Labute approximate surface area is 88.6 Å². The van der Waals surface area contributed by atoms with E-state index in [1.807, 2.05) is 0 Å². The zero-order chi connectivity index (χ0) is 7.71. The topological polar surface area (TPSA) is 136 Å². The van der Waals surface area contributed by atoms with Crippen LogP contribution in [-0.2, 0) is 30.5 Å². The van der Waals surface area contributed by atoms with Crippen LogP contribution in [0.1, 0.15) is 0 Å². The van der Waals surface area contributed by atoms with Crippen molar-refractivity contribution in [1.29, 1.82) is 0 Å². The van der Waals surface area contributed by atoms with Crippen molar-refractivity contribution in [3.05, 3.63) is 0 Å². The fraction of sp³-hybridized carbons (Fsp3) is 0. The Morgan fingerprint density at radius 1 is 0.909 bits per heavy atom. The first-order valence-electron chi connectivity index (χ1n) is 1.46. The quantitative estimate of drug-likeness (QED) is 0.365. The molecule has 62 valence electrons. The number of hydrogen-bond acceptors (Lipinski definition) is 7. The summed E-state index contributed by atoms with van der Waals surface area (Å²) in [6, 6.07) is 0. The van der Waals surface area contributed by atoms with Gasteiger partial charge in [0.2, 0.25) is 0 Å². The second-order valence-corrected chi connectivity index (χ2v) is 3.42. The Morgan fingerprint density at radius 3 is 1.09 bits per heavy atom. The van der Waals surface area contributed by atoms with Crippen LogP contribution < -0.4 is 19.6 Å². The van der Waals surface area contributed by atoms with E-state index >= 15 is 0 Å². The molecule has 0 aliphatic rings. The molecular formula is FeMgO7P2. The molecule has 0 aromatic heterocycles. The van der Waals surface area contributed by atoms with Gasteiger partial charge in [0.1, 0.15) is 0 Å². The molecule has 11 heteroatoms. The summed E-state index contributed by atoms with van der Waals surface area (Å²) < 4.78 is 21.2. The summed E-state index contributed by atoms with van der Waals surface area (Å²) in [5.41, 5.74) is 0. The third kappa shape index (κ3) is 18.5. The molecule has 0 amide bonds. The molecular weight excluding hydrogens is 254 g/mol. The summed E-state index contributed by atoms with van der Waals surface area (Å²) >= 11 is 0. The molecule has 0 saturated heterocycles. The Kier molecular flexibility index (Phi) is 10.1. The molecule has 0 spiro atoms. The third-order valence-corrected chi connectivity index (χ3v) is 1.80. The molecule has 0 radical (unpaired) electrons. The van der Waals surface area contributed by atoms with E-state index in [1.165, 1.54) is 0 Å². The van der Waals surface area contributed by atoms with E-state index in [0.29, 0.717) is 0 Å². The molecule has 7 nitrogen and oxygen atoms in total. The zero-order valence-corrected chi connectivity index (χ0v) is 9.12. The average molecular weight is 254 g/mol. The van der Waals surface area contributed by atoms with Gasteiger partial charge in [-0.2, -0.15) is 0 Å². The third-order valence-electron chi connectivity index (χ3n) is 0.200. The molecule has 0 aromatic rings. The van der Waals surface area contributed by atoms with Gasteiger partial charge >= 0.3 is 40.1 Å². The van der Waals surface area contributed by atoms with Crippen molar-refractivity contribution in [1.82, 2.24) is 0 Å². The summed E-state index contributed by atoms with van der Waals surface area (Å²) in [6.07, 6.45) is 0. The average Bonchev–Trinajstić information content (AvgIpc) is 1.14. The molecule has 0 saturated carbocycles. The van der Waals surface area contributed by atoms with Crippen LogP contribution in [0.5, 0.6) is 0 Å². The van der Waals surface area contributed by atoms with Crippen molar-refractivity contribution in [2.45, 2.75) is 0 Å². The van der Waals surface area contributed by atoms with Crippen LogP contribution in [0.4, 0.5) is 0 Å². The van der Waals surface area contributed by atoms with E-state index in [9.17, 15) is 28.7 Å². The SMILES string of the molecule is O=P([O-])([O-])OP(=O)([O-])[O-].[Fe+2].[Mg+2]. The molecule has 0 rings (SSSR count). The van der Waals surface area contributed by atoms with Crippen LogP contribution in [0.3, 0.4) is 0 Å². The first kappa shape index (κ1) is 18.4. The number of rotatable bonds is 2. The van der Waals surface area contributed by atoms with E-state index in [-0.39, 0.29) is 40.1 Å². The predicted octanol–water partition coefficient (Wildman–Crippen LogP) is -3.72. The van der Waals surface area contributed by atoms with E-state index in [2.05, 4.69) is 4.31 Å². The zero-order valence-electron chi connectivity index (χ0n) is 4.81. The van der Waals surface area contributed by atoms with Gasteiger partial charge in [-0.05, 0) is 0 Å². The normalized spacial score (nSPS) is 11.3. The number of phosphoric acid groups is 2. The first-order chi connectivity index (χ1) is 3.71. The van der Waals surface area contributed by atoms with Gasteiger partial charge in [-0.15, -0.1) is 0 Å². The van der Waals surface area contributed by atoms with Crippen molar-refractivity contribution >= 4 is 38.7 Å². The number of hydrogen-bond donors (Lipinski definition) is 0. The van der Waals surface area contributed by atoms with E-state index in [0.717, 1.165) is 0 Å². The predicted molar refractivity (Wildman–Crippen MR) is 22.1 cm³/mol. The van der Waals surface area contributed by atoms with E-state index in [1.54, 1.807) is 0 Å². The minimum Gasteiger partial charge on any atom is -0.790 e. The first-order valence-corrected chi connectivity index (χ1v) is 4.38. The van der Waals surface area contributed by atoms with Gasteiger partial charge in [-0.3, -0.25) is 0 Å². The van der Waals surface area contributed by atoms with Crippen molar-refractivity contribution in [3.63, 3.8) is 0 Å². The van der Waals surface area contributed by atoms with Crippen molar-refractivity contribution in [3.8, 4) is 0 Å². The Balaban J connectivity index is -0.000000320. The van der Waals surface area contributed by atoms with Crippen LogP contribution >= 0.6 is 15.6 Å². The monoisotopic (exact) mass is 254 g/mol. The smallest absolute Gasteiger partial charge is 0.790 e. The summed E-state index contributed by atoms with van der Waals surface area (Å²) in [6.45, 7) is 0. The van der Waals surface area contributed by atoms with Gasteiger partial charge in [0.25, 0.3) is 0 Å². The second kappa shape index (κ2) is 6.07. The van der Waals surface area contributed by atoms with Crippen LogP contribution in [-0.4, -0.2) is 23.1 Å². The van der Waals surface area contributed by atoms with Crippen LogP contribution in [0.2, 0.25) is 0 Å². The molecule has 0 aliphatic carbocycles. The molecule has 11 heavy (non-hydrogen) atoms. The standard InChI is InChI=1S/Fe.Mg.H4O7P2/c;;1-8(2,3)7-9(4,5)6/h;;(H2,1,2,3)(H2,4,5,6)/q2*+2;/p-4. The maximum atomic E-state index is 9.32. The summed E-state index contributed by atoms with van der Waals surface area (Å²) in [5.74, 6) is 0. The van der Waals surface area contributed by atoms with Crippen molar-refractivity contribution in [2.75, 3.05) is 0 Å². The molecule has 0 fully saturated rings. The molecule has 0 N–H and O–H groups in total. The van der Waals surface area contributed by atoms with Gasteiger partial charge in [0, 0.05) is 0 Å². The van der Waals surface area contributed by atoms with E-state index in [4.69, 9.17) is 0 Å². The molecule has 0 bridgehead atoms. The Bertz CT molecular complexity index is 157. The molecule has 0 aromatic carbocycles. The fourth-order valence-electron chi connectivity index (χ4n) is 0.122. The van der Waals surface area contributed by atoms with Crippen molar-refractivity contribution < 1.29 is 50.1 Å². The van der Waals surface area contributed by atoms with Crippen LogP contribution in [0.15, 0.2) is 0 Å². The van der Waals surface area contributed by atoms with Gasteiger partial charge < -0.3 is 33.0 Å². The summed E-state index contributed by atoms with van der Waals surface area (Å²) in [5, 5.41) is 0. The Hall–Kier alpha value is 1.55. The maximum absolute atomic E-state index is 9.32. The van der Waals surface area contributed by atoms with E-state index < -0.39 is 15.6 Å². The van der Waals surface area contributed by atoms with Crippen LogP contribution in [0.25, 0.3) is 0 Å². The van der Waals surface area contributed by atoms with Crippen LogP contribution in [0, 0.1) is 0 Å². The minimum absolute atomic E-state index is 0. The minimum atomic E-state index is -5.68. The summed E-state index contributed by atoms with van der Waals surface area (Å²) in [7, 11) is -11.4. The fourth-order valence-corrected chi connectivity index (χ4v) is 1.10. The summed E-state index contributed by atoms with van der Waals surface area (Å²) in [4.78, 5) is 37.3. The van der Waals surface area contributed by atoms with Gasteiger partial charge in [-0.25, -0.2) is 0 Å². The maximum Gasteiger partial charge on any atom is 2.00 e. The molecule has 0 unspecified atom stereocenters.